The number of carbonyl (C=O) groups is 2. The number of nitrogens with one attached hydrogen (secondary N) is 1. The van der Waals surface area contributed by atoms with Crippen LogP contribution < -0.4 is 10.1 Å². The lowest BCUT2D eigenvalue weighted by Gasteiger charge is -2.54. The van der Waals surface area contributed by atoms with Crippen LogP contribution in [0.4, 0.5) is 10.6 Å². The molecule has 1 spiro atoms. The molecule has 1 aromatic carbocycles. The summed E-state index contributed by atoms with van der Waals surface area (Å²) in [5.74, 6) is 0.997. The molecule has 4 heterocycles. The summed E-state index contributed by atoms with van der Waals surface area (Å²) < 4.78 is 14.7. The maximum Gasteiger partial charge on any atom is 0.410 e. The summed E-state index contributed by atoms with van der Waals surface area (Å²) in [7, 11) is 1.55. The van der Waals surface area contributed by atoms with Crippen molar-refractivity contribution in [2.75, 3.05) is 25.5 Å². The number of hydrogen-bond donors (Lipinski definition) is 1. The minimum Gasteiger partial charge on any atom is -0.496 e. The van der Waals surface area contributed by atoms with Gasteiger partial charge in [-0.2, -0.15) is 14.7 Å². The first-order valence-electron chi connectivity index (χ1n) is 13.7. The van der Waals surface area contributed by atoms with Gasteiger partial charge < -0.3 is 19.7 Å². The number of anilines is 1. The number of benzene rings is 1. The predicted octanol–water partition coefficient (Wildman–Crippen LogP) is 4.94. The van der Waals surface area contributed by atoms with Gasteiger partial charge in [0.05, 0.1) is 30.4 Å². The van der Waals surface area contributed by atoms with Crippen LogP contribution in [-0.2, 0) is 4.74 Å². The van der Waals surface area contributed by atoms with Crippen molar-refractivity contribution in [3.05, 3.63) is 48.4 Å². The third kappa shape index (κ3) is 4.73. The molecule has 40 heavy (non-hydrogen) atoms. The van der Waals surface area contributed by atoms with E-state index in [1.807, 2.05) is 54.7 Å². The third-order valence-electron chi connectivity index (χ3n) is 8.03. The fourth-order valence-corrected chi connectivity index (χ4v) is 6.24. The second kappa shape index (κ2) is 9.50. The van der Waals surface area contributed by atoms with Gasteiger partial charge in [0.2, 0.25) is 0 Å². The zero-order valence-corrected chi connectivity index (χ0v) is 23.5. The van der Waals surface area contributed by atoms with E-state index >= 15 is 0 Å². The Bertz CT molecular complexity index is 1590. The van der Waals surface area contributed by atoms with Crippen molar-refractivity contribution in [3.63, 3.8) is 0 Å². The first-order valence-corrected chi connectivity index (χ1v) is 13.7. The lowest BCUT2D eigenvalue weighted by molar-refractivity contribution is -0.0648. The van der Waals surface area contributed by atoms with Gasteiger partial charge in [0.1, 0.15) is 11.4 Å². The van der Waals surface area contributed by atoms with E-state index in [0.29, 0.717) is 28.7 Å². The van der Waals surface area contributed by atoms with Crippen molar-refractivity contribution in [1.82, 2.24) is 29.3 Å². The normalized spacial score (nSPS) is 20.5. The van der Waals surface area contributed by atoms with Crippen molar-refractivity contribution in [3.8, 4) is 5.75 Å². The SMILES string of the molecule is COc1cc2nn([C@@H]3CCC4(C[C@H]3C)CN(C(=O)OC(C)(C)C)C4)cc2cc1C(=O)Nc1cnc2cccnn12. The van der Waals surface area contributed by atoms with Crippen molar-refractivity contribution >= 4 is 34.4 Å². The Hall–Kier alpha value is -4.15. The topological polar surface area (TPSA) is 116 Å². The maximum absolute atomic E-state index is 13.3. The fraction of sp³-hybridized carbons (Fsp3) is 0.483. The highest BCUT2D eigenvalue weighted by atomic mass is 16.6. The average Bonchev–Trinajstić information content (AvgIpc) is 3.48. The van der Waals surface area contributed by atoms with Gasteiger partial charge >= 0.3 is 6.09 Å². The Balaban J connectivity index is 1.17. The number of likely N-dealkylation sites (tertiary alicyclic amines) is 1. The Kier molecular flexibility index (Phi) is 6.19. The Morgan fingerprint density at radius 3 is 2.73 bits per heavy atom. The number of ether oxygens (including phenoxy) is 2. The standard InChI is InChI=1S/C29H35N7O4/c1-18-13-29(16-34(17-29)27(38)40-28(2,3)4)9-8-22(18)35-15-19-11-20(23(39-5)12-21(19)33-35)26(37)32-25-14-30-24-7-6-10-31-36(24)25/h6-7,10-12,14-15,18,22H,8-9,13,16-17H2,1-5H3,(H,32,37)/t18-,22-/m1/s1. The van der Waals surface area contributed by atoms with Gasteiger partial charge in [0, 0.05) is 42.4 Å². The first-order chi connectivity index (χ1) is 19.0. The van der Waals surface area contributed by atoms with E-state index in [-0.39, 0.29) is 23.5 Å². The lowest BCUT2D eigenvalue weighted by Crippen LogP contribution is -2.61. The Morgan fingerprint density at radius 1 is 1.20 bits per heavy atom. The van der Waals surface area contributed by atoms with E-state index in [4.69, 9.17) is 14.6 Å². The van der Waals surface area contributed by atoms with Gasteiger partial charge in [-0.1, -0.05) is 6.92 Å². The molecule has 1 N–H and O–H groups in total. The number of methoxy groups -OCH3 is 1. The van der Waals surface area contributed by atoms with Crippen LogP contribution >= 0.6 is 0 Å². The molecule has 0 radical (unpaired) electrons. The molecule has 3 aromatic heterocycles. The van der Waals surface area contributed by atoms with Gasteiger partial charge in [-0.3, -0.25) is 9.48 Å². The zero-order chi connectivity index (χ0) is 28.2. The number of fused-ring (bicyclic) bond motifs is 2. The lowest BCUT2D eigenvalue weighted by atomic mass is 9.64. The van der Waals surface area contributed by atoms with E-state index < -0.39 is 5.60 Å². The van der Waals surface area contributed by atoms with Crippen molar-refractivity contribution < 1.29 is 19.1 Å². The van der Waals surface area contributed by atoms with Gasteiger partial charge in [0.25, 0.3) is 5.91 Å². The fourth-order valence-electron chi connectivity index (χ4n) is 6.24. The summed E-state index contributed by atoms with van der Waals surface area (Å²) in [6.45, 7) is 9.44. The summed E-state index contributed by atoms with van der Waals surface area (Å²) in [4.78, 5) is 31.8. The minimum absolute atomic E-state index is 0.153. The minimum atomic E-state index is -0.485. The third-order valence-corrected chi connectivity index (χ3v) is 8.03. The molecule has 1 saturated carbocycles. The summed E-state index contributed by atoms with van der Waals surface area (Å²) >= 11 is 0. The maximum atomic E-state index is 13.3. The number of nitrogens with zero attached hydrogens (tertiary/aromatic N) is 6. The first kappa shape index (κ1) is 26.1. The quantitative estimate of drug-likeness (QED) is 0.386. The van der Waals surface area contributed by atoms with Gasteiger partial charge in [-0.15, -0.1) is 0 Å². The molecule has 210 valence electrons. The second-order valence-electron chi connectivity index (χ2n) is 12.2. The highest BCUT2D eigenvalue weighted by molar-refractivity contribution is 6.08. The summed E-state index contributed by atoms with van der Waals surface area (Å²) in [6, 6.07) is 7.48. The molecule has 6 rings (SSSR count). The largest absolute Gasteiger partial charge is 0.496 e. The van der Waals surface area contributed by atoms with Crippen LogP contribution in [-0.4, -0.2) is 67.1 Å². The molecule has 1 aliphatic carbocycles. The molecule has 11 heteroatoms. The predicted molar refractivity (Wildman–Crippen MR) is 150 cm³/mol. The number of hydrogen-bond acceptors (Lipinski definition) is 7. The van der Waals surface area contributed by atoms with Crippen LogP contribution in [0.2, 0.25) is 0 Å². The van der Waals surface area contributed by atoms with Crippen LogP contribution in [0.1, 0.15) is 63.4 Å². The number of aromatic nitrogens is 5. The highest BCUT2D eigenvalue weighted by Crippen LogP contribution is 2.50. The molecular formula is C29H35N7O4. The molecule has 0 unspecified atom stereocenters. The summed E-state index contributed by atoms with van der Waals surface area (Å²) in [5, 5.41) is 12.9. The molecule has 0 bridgehead atoms. The molecule has 1 saturated heterocycles. The number of rotatable bonds is 4. The molecule has 4 aromatic rings. The van der Waals surface area contributed by atoms with Crippen molar-refractivity contribution in [2.45, 2.75) is 58.6 Å². The van der Waals surface area contributed by atoms with E-state index in [1.165, 1.54) is 0 Å². The average molecular weight is 546 g/mol. The summed E-state index contributed by atoms with van der Waals surface area (Å²) in [6.07, 6.45) is 8.05. The van der Waals surface area contributed by atoms with Gasteiger partial charge in [0.15, 0.2) is 11.5 Å². The van der Waals surface area contributed by atoms with Gasteiger partial charge in [-0.25, -0.2) is 9.78 Å². The van der Waals surface area contributed by atoms with Crippen molar-refractivity contribution in [1.29, 1.82) is 0 Å². The van der Waals surface area contributed by atoms with Crippen LogP contribution in [0.3, 0.4) is 0 Å². The van der Waals surface area contributed by atoms with Crippen LogP contribution in [0.15, 0.2) is 42.9 Å². The monoisotopic (exact) mass is 545 g/mol. The van der Waals surface area contributed by atoms with Gasteiger partial charge in [-0.05, 0) is 64.2 Å². The zero-order valence-electron chi connectivity index (χ0n) is 23.5. The van der Waals surface area contributed by atoms with Crippen LogP contribution in [0, 0.1) is 11.3 Å². The smallest absolute Gasteiger partial charge is 0.410 e. The van der Waals surface area contributed by atoms with E-state index in [2.05, 4.69) is 22.3 Å². The van der Waals surface area contributed by atoms with E-state index in [9.17, 15) is 9.59 Å². The highest BCUT2D eigenvalue weighted by Gasteiger charge is 2.50. The number of imidazole rings is 1. The Labute approximate surface area is 232 Å². The molecular weight excluding hydrogens is 510 g/mol. The molecule has 2 atom stereocenters. The number of amides is 2. The van der Waals surface area contributed by atoms with E-state index in [1.54, 1.807) is 30.1 Å². The molecule has 2 amide bonds. The van der Waals surface area contributed by atoms with Crippen LogP contribution in [0.5, 0.6) is 5.75 Å². The Morgan fingerprint density at radius 2 is 2.00 bits per heavy atom. The molecule has 2 aliphatic rings. The second-order valence-corrected chi connectivity index (χ2v) is 12.2. The molecule has 1 aliphatic heterocycles. The van der Waals surface area contributed by atoms with E-state index in [0.717, 1.165) is 43.3 Å². The summed E-state index contributed by atoms with van der Waals surface area (Å²) in [5.41, 5.74) is 1.50. The molecule has 11 nitrogen and oxygen atoms in total. The number of carbonyl (C=O) groups excluding carboxylic acids is 2. The molecule has 2 fully saturated rings. The van der Waals surface area contributed by atoms with Crippen LogP contribution in [0.25, 0.3) is 16.6 Å². The van der Waals surface area contributed by atoms with Crippen molar-refractivity contribution in [2.24, 2.45) is 11.3 Å².